The number of halogens is 1. The first-order valence-corrected chi connectivity index (χ1v) is 8.08. The summed E-state index contributed by atoms with van der Waals surface area (Å²) in [6.45, 7) is 2.19. The van der Waals surface area contributed by atoms with Crippen molar-refractivity contribution in [1.82, 2.24) is 5.32 Å². The van der Waals surface area contributed by atoms with Gasteiger partial charge in [0.15, 0.2) is 0 Å². The number of benzene rings is 1. The van der Waals surface area contributed by atoms with Gasteiger partial charge in [-0.15, -0.1) is 0 Å². The molecule has 3 rings (SSSR count). The van der Waals surface area contributed by atoms with Crippen LogP contribution in [0, 0.1) is 11.3 Å². The molecule has 0 heterocycles. The van der Waals surface area contributed by atoms with Crippen molar-refractivity contribution < 1.29 is 9.90 Å². The molecule has 0 aliphatic heterocycles. The molecule has 4 atom stereocenters. The first-order valence-electron chi connectivity index (χ1n) is 7.71. The molecule has 2 saturated carbocycles. The lowest BCUT2D eigenvalue weighted by atomic mass is 9.85. The van der Waals surface area contributed by atoms with Crippen LogP contribution in [0.1, 0.15) is 44.1 Å². The van der Waals surface area contributed by atoms with Gasteiger partial charge in [-0.2, -0.15) is 0 Å². The molecule has 0 radical (unpaired) electrons. The van der Waals surface area contributed by atoms with E-state index in [0.717, 1.165) is 36.3 Å². The molecule has 1 amide bonds. The van der Waals surface area contributed by atoms with E-state index in [1.807, 2.05) is 24.3 Å². The van der Waals surface area contributed by atoms with E-state index in [2.05, 4.69) is 12.2 Å². The Morgan fingerprint density at radius 3 is 2.95 bits per heavy atom. The van der Waals surface area contributed by atoms with E-state index in [1.165, 1.54) is 0 Å². The van der Waals surface area contributed by atoms with Crippen LogP contribution in [0.4, 0.5) is 0 Å². The molecule has 4 unspecified atom stereocenters. The van der Waals surface area contributed by atoms with Crippen molar-refractivity contribution in [2.45, 2.75) is 44.6 Å². The standard InChI is InChI=1S/C17H22ClNO2/c1-17(10-20)8-4-7-15(17)19-16(21)13-9-12(13)11-5-2-3-6-14(11)18/h2-3,5-6,12-13,15,20H,4,7-10H2,1H3,(H,19,21). The summed E-state index contributed by atoms with van der Waals surface area (Å²) in [5.74, 6) is 0.403. The van der Waals surface area contributed by atoms with Gasteiger partial charge in [0.05, 0.1) is 6.61 Å². The molecule has 0 spiro atoms. The van der Waals surface area contributed by atoms with Crippen molar-refractivity contribution >= 4 is 17.5 Å². The van der Waals surface area contributed by atoms with E-state index in [0.29, 0.717) is 0 Å². The number of aliphatic hydroxyl groups is 1. The molecule has 2 N–H and O–H groups in total. The lowest BCUT2D eigenvalue weighted by Gasteiger charge is -2.30. The Kier molecular flexibility index (Phi) is 3.98. The monoisotopic (exact) mass is 307 g/mol. The molecule has 21 heavy (non-hydrogen) atoms. The summed E-state index contributed by atoms with van der Waals surface area (Å²) in [6, 6.07) is 7.86. The zero-order valence-corrected chi connectivity index (χ0v) is 13.1. The Balaban J connectivity index is 1.62. The number of carbonyl (C=O) groups excluding carboxylic acids is 1. The minimum absolute atomic E-state index is 0.0356. The van der Waals surface area contributed by atoms with Crippen molar-refractivity contribution in [2.75, 3.05) is 6.61 Å². The van der Waals surface area contributed by atoms with Gasteiger partial charge in [-0.3, -0.25) is 4.79 Å². The Hall–Kier alpha value is -1.06. The Morgan fingerprint density at radius 2 is 2.24 bits per heavy atom. The van der Waals surface area contributed by atoms with Gasteiger partial charge < -0.3 is 10.4 Å². The quantitative estimate of drug-likeness (QED) is 0.898. The molecular weight excluding hydrogens is 286 g/mol. The van der Waals surface area contributed by atoms with Crippen molar-refractivity contribution in [2.24, 2.45) is 11.3 Å². The first-order chi connectivity index (χ1) is 10.0. The molecule has 1 aromatic carbocycles. The second kappa shape index (κ2) is 5.62. The van der Waals surface area contributed by atoms with Gasteiger partial charge >= 0.3 is 0 Å². The predicted molar refractivity (Wildman–Crippen MR) is 83.3 cm³/mol. The third-order valence-electron chi connectivity index (χ3n) is 5.19. The second-order valence-corrected chi connectivity index (χ2v) is 7.14. The summed E-state index contributed by atoms with van der Waals surface area (Å²) in [5.41, 5.74) is 0.917. The van der Waals surface area contributed by atoms with Crippen molar-refractivity contribution in [3.8, 4) is 0 Å². The van der Waals surface area contributed by atoms with Gasteiger partial charge in [-0.05, 0) is 36.8 Å². The van der Waals surface area contributed by atoms with E-state index in [-0.39, 0.29) is 35.8 Å². The molecule has 2 aliphatic rings. The molecule has 2 aliphatic carbocycles. The lowest BCUT2D eigenvalue weighted by molar-refractivity contribution is -0.124. The second-order valence-electron chi connectivity index (χ2n) is 6.74. The third-order valence-corrected chi connectivity index (χ3v) is 5.54. The maximum atomic E-state index is 12.4. The predicted octanol–water partition coefficient (Wildman–Crippen LogP) is 3.11. The molecule has 3 nitrogen and oxygen atoms in total. The van der Waals surface area contributed by atoms with Crippen LogP contribution in [-0.4, -0.2) is 23.7 Å². The number of hydrogen-bond acceptors (Lipinski definition) is 2. The molecule has 1 aromatic rings. The van der Waals surface area contributed by atoms with Crippen molar-refractivity contribution in [3.63, 3.8) is 0 Å². The fourth-order valence-corrected chi connectivity index (χ4v) is 3.83. The summed E-state index contributed by atoms with van der Waals surface area (Å²) in [4.78, 5) is 12.4. The van der Waals surface area contributed by atoms with Crippen LogP contribution in [0.25, 0.3) is 0 Å². The molecule has 2 fully saturated rings. The molecule has 114 valence electrons. The van der Waals surface area contributed by atoms with Gasteiger partial charge in [-0.1, -0.05) is 43.1 Å². The highest BCUT2D eigenvalue weighted by atomic mass is 35.5. The van der Waals surface area contributed by atoms with Crippen LogP contribution in [0.3, 0.4) is 0 Å². The van der Waals surface area contributed by atoms with Crippen molar-refractivity contribution in [3.05, 3.63) is 34.9 Å². The van der Waals surface area contributed by atoms with E-state index in [9.17, 15) is 9.90 Å². The SMILES string of the molecule is CC1(CO)CCCC1NC(=O)C1CC1c1ccccc1Cl. The Bertz CT molecular complexity index is 547. The number of carbonyl (C=O) groups is 1. The largest absolute Gasteiger partial charge is 0.396 e. The van der Waals surface area contributed by atoms with Gasteiger partial charge in [0.25, 0.3) is 0 Å². The number of aliphatic hydroxyl groups excluding tert-OH is 1. The first kappa shape index (κ1) is 14.9. The van der Waals surface area contributed by atoms with Crippen LogP contribution in [-0.2, 0) is 4.79 Å². The highest BCUT2D eigenvalue weighted by Crippen LogP contribution is 2.50. The molecule has 0 aromatic heterocycles. The fourth-order valence-electron chi connectivity index (χ4n) is 3.55. The molecular formula is C17H22ClNO2. The van der Waals surface area contributed by atoms with E-state index in [4.69, 9.17) is 11.6 Å². The Labute approximate surface area is 130 Å². The zero-order valence-electron chi connectivity index (χ0n) is 12.3. The maximum absolute atomic E-state index is 12.4. The average molecular weight is 308 g/mol. The van der Waals surface area contributed by atoms with Crippen LogP contribution in [0.15, 0.2) is 24.3 Å². The molecule has 0 saturated heterocycles. The number of nitrogens with one attached hydrogen (secondary N) is 1. The van der Waals surface area contributed by atoms with Crippen LogP contribution in [0.5, 0.6) is 0 Å². The highest BCUT2D eigenvalue weighted by molar-refractivity contribution is 6.31. The smallest absolute Gasteiger partial charge is 0.223 e. The normalized spacial score (nSPS) is 34.7. The summed E-state index contributed by atoms with van der Waals surface area (Å²) < 4.78 is 0. The Morgan fingerprint density at radius 1 is 1.48 bits per heavy atom. The minimum Gasteiger partial charge on any atom is -0.396 e. The highest BCUT2D eigenvalue weighted by Gasteiger charge is 2.47. The van der Waals surface area contributed by atoms with Crippen LogP contribution in [0.2, 0.25) is 5.02 Å². The van der Waals surface area contributed by atoms with E-state index < -0.39 is 0 Å². The summed E-state index contributed by atoms with van der Waals surface area (Å²) in [6.07, 6.45) is 3.89. The van der Waals surface area contributed by atoms with Gasteiger partial charge in [-0.25, -0.2) is 0 Å². The van der Waals surface area contributed by atoms with Crippen molar-refractivity contribution in [1.29, 1.82) is 0 Å². The van der Waals surface area contributed by atoms with Crippen LogP contribution < -0.4 is 5.32 Å². The lowest BCUT2D eigenvalue weighted by Crippen LogP contribution is -2.45. The fraction of sp³-hybridized carbons (Fsp3) is 0.588. The third kappa shape index (κ3) is 2.82. The zero-order chi connectivity index (χ0) is 15.0. The van der Waals surface area contributed by atoms with Gasteiger partial charge in [0.2, 0.25) is 5.91 Å². The van der Waals surface area contributed by atoms with Gasteiger partial charge in [0.1, 0.15) is 0 Å². The number of hydrogen-bond donors (Lipinski definition) is 2. The van der Waals surface area contributed by atoms with E-state index in [1.54, 1.807) is 0 Å². The van der Waals surface area contributed by atoms with E-state index >= 15 is 0 Å². The summed E-state index contributed by atoms with van der Waals surface area (Å²) >= 11 is 6.20. The number of rotatable bonds is 4. The van der Waals surface area contributed by atoms with Crippen LogP contribution >= 0.6 is 11.6 Å². The summed E-state index contributed by atoms with van der Waals surface area (Å²) in [5, 5.41) is 13.5. The molecule has 4 heteroatoms. The minimum atomic E-state index is -0.162. The maximum Gasteiger partial charge on any atom is 0.223 e. The molecule has 0 bridgehead atoms. The van der Waals surface area contributed by atoms with Gasteiger partial charge in [0, 0.05) is 22.4 Å². The average Bonchev–Trinajstić information content (AvgIpc) is 3.19. The summed E-state index contributed by atoms with van der Waals surface area (Å²) in [7, 11) is 0. The topological polar surface area (TPSA) is 49.3 Å². The number of amides is 1.